The van der Waals surface area contributed by atoms with Crippen LogP contribution < -0.4 is 0 Å². The Kier molecular flexibility index (Phi) is 3.53. The monoisotopic (exact) mass is 271 g/mol. The number of hydrogen-bond donors (Lipinski definition) is 2. The number of fused-ring (bicyclic) bond motifs is 3. The maximum atomic E-state index is 11.3. The molecule has 0 saturated carbocycles. The molecular formula is C12H10NNaO3S. The van der Waals surface area contributed by atoms with Crippen molar-refractivity contribution in [3.05, 3.63) is 42.5 Å². The van der Waals surface area contributed by atoms with Gasteiger partial charge in [0.1, 0.15) is 4.90 Å². The van der Waals surface area contributed by atoms with Gasteiger partial charge in [-0.25, -0.2) is 0 Å². The predicted molar refractivity (Wildman–Crippen MR) is 72.8 cm³/mol. The van der Waals surface area contributed by atoms with E-state index in [0.29, 0.717) is 5.52 Å². The van der Waals surface area contributed by atoms with Crippen LogP contribution in [0.15, 0.2) is 47.4 Å². The second-order valence-corrected chi connectivity index (χ2v) is 5.21. The molecule has 2 N–H and O–H groups in total. The van der Waals surface area contributed by atoms with E-state index in [2.05, 4.69) is 4.98 Å². The van der Waals surface area contributed by atoms with E-state index in [0.717, 1.165) is 16.3 Å². The predicted octanol–water partition coefficient (Wildman–Crippen LogP) is 1.92. The Morgan fingerprint density at radius 3 is 2.33 bits per heavy atom. The fourth-order valence-electron chi connectivity index (χ4n) is 2.06. The van der Waals surface area contributed by atoms with E-state index >= 15 is 0 Å². The Morgan fingerprint density at radius 2 is 1.61 bits per heavy atom. The number of H-pyrrole nitrogens is 1. The fourth-order valence-corrected chi connectivity index (χ4v) is 2.73. The second kappa shape index (κ2) is 4.68. The van der Waals surface area contributed by atoms with Crippen molar-refractivity contribution in [1.29, 1.82) is 0 Å². The van der Waals surface area contributed by atoms with Crippen molar-refractivity contribution in [2.75, 3.05) is 0 Å². The Balaban J connectivity index is 0.00000120. The standard InChI is InChI=1S/C12H9NO3S.Na.H/c14-17(15,16)11-7-3-5-9-8-4-1-2-6-10(8)13-12(9)11;;/h1-7,13H,(H,14,15,16);;. The van der Waals surface area contributed by atoms with Crippen LogP contribution in [0.5, 0.6) is 0 Å². The number of para-hydroxylation sites is 2. The molecule has 0 atom stereocenters. The average Bonchev–Trinajstić information content (AvgIpc) is 2.65. The summed E-state index contributed by atoms with van der Waals surface area (Å²) < 4.78 is 31.7. The molecule has 0 aliphatic carbocycles. The zero-order chi connectivity index (χ0) is 12.0. The number of rotatable bonds is 1. The zero-order valence-electron chi connectivity index (χ0n) is 8.71. The van der Waals surface area contributed by atoms with Gasteiger partial charge in [-0.05, 0) is 12.1 Å². The molecule has 18 heavy (non-hydrogen) atoms. The Hall–Kier alpha value is -0.850. The summed E-state index contributed by atoms with van der Waals surface area (Å²) in [6, 6.07) is 12.3. The van der Waals surface area contributed by atoms with Crippen molar-refractivity contribution in [3.63, 3.8) is 0 Å². The normalized spacial score (nSPS) is 11.6. The third-order valence-corrected chi connectivity index (χ3v) is 3.68. The fraction of sp³-hybridized carbons (Fsp3) is 0. The summed E-state index contributed by atoms with van der Waals surface area (Å²) in [5.41, 5.74) is 1.29. The molecule has 0 aliphatic heterocycles. The van der Waals surface area contributed by atoms with Gasteiger partial charge >= 0.3 is 29.6 Å². The first-order valence-corrected chi connectivity index (χ1v) is 6.48. The first-order valence-electron chi connectivity index (χ1n) is 5.04. The summed E-state index contributed by atoms with van der Waals surface area (Å²) >= 11 is 0. The van der Waals surface area contributed by atoms with E-state index in [-0.39, 0.29) is 34.5 Å². The molecule has 0 fully saturated rings. The van der Waals surface area contributed by atoms with Gasteiger partial charge in [-0.1, -0.05) is 30.3 Å². The van der Waals surface area contributed by atoms with Gasteiger partial charge in [-0.2, -0.15) is 8.42 Å². The number of hydrogen-bond acceptors (Lipinski definition) is 2. The van der Waals surface area contributed by atoms with Gasteiger partial charge < -0.3 is 4.98 Å². The van der Waals surface area contributed by atoms with E-state index in [9.17, 15) is 8.42 Å². The molecular weight excluding hydrogens is 261 g/mol. The molecule has 0 aliphatic rings. The van der Waals surface area contributed by atoms with Crippen molar-refractivity contribution >= 4 is 61.5 Å². The number of aromatic amines is 1. The molecule has 0 spiro atoms. The summed E-state index contributed by atoms with van der Waals surface area (Å²) in [5, 5.41) is 1.73. The van der Waals surface area contributed by atoms with Gasteiger partial charge in [0.25, 0.3) is 10.1 Å². The zero-order valence-corrected chi connectivity index (χ0v) is 9.53. The van der Waals surface area contributed by atoms with Gasteiger partial charge in [-0.3, -0.25) is 4.55 Å². The van der Waals surface area contributed by atoms with E-state index in [4.69, 9.17) is 4.55 Å². The molecule has 1 aromatic heterocycles. The van der Waals surface area contributed by atoms with Crippen LogP contribution in [0.4, 0.5) is 0 Å². The van der Waals surface area contributed by atoms with Crippen LogP contribution in [0, 0.1) is 0 Å². The van der Waals surface area contributed by atoms with Gasteiger partial charge in [0.05, 0.1) is 5.52 Å². The molecule has 4 nitrogen and oxygen atoms in total. The summed E-state index contributed by atoms with van der Waals surface area (Å²) in [6.45, 7) is 0. The van der Waals surface area contributed by atoms with E-state index in [1.54, 1.807) is 6.07 Å². The van der Waals surface area contributed by atoms with Gasteiger partial charge in [0.15, 0.2) is 0 Å². The number of nitrogens with one attached hydrogen (secondary N) is 1. The molecule has 0 bridgehead atoms. The molecule has 0 saturated heterocycles. The molecule has 3 aromatic rings. The average molecular weight is 271 g/mol. The molecule has 6 heteroatoms. The van der Waals surface area contributed by atoms with Crippen LogP contribution in [-0.4, -0.2) is 47.5 Å². The molecule has 0 unspecified atom stereocenters. The third-order valence-electron chi connectivity index (χ3n) is 2.78. The topological polar surface area (TPSA) is 70.2 Å². The summed E-state index contributed by atoms with van der Waals surface area (Å²) in [5.74, 6) is 0. The number of benzene rings is 2. The van der Waals surface area contributed by atoms with Crippen LogP contribution in [-0.2, 0) is 10.1 Å². The summed E-state index contributed by atoms with van der Waals surface area (Å²) in [7, 11) is -4.21. The first kappa shape index (κ1) is 13.6. The van der Waals surface area contributed by atoms with E-state index in [1.165, 1.54) is 6.07 Å². The maximum absolute atomic E-state index is 11.3. The minimum absolute atomic E-state index is 0. The molecule has 0 radical (unpaired) electrons. The third kappa shape index (κ3) is 2.08. The van der Waals surface area contributed by atoms with Crippen LogP contribution in [0.25, 0.3) is 21.8 Å². The van der Waals surface area contributed by atoms with Crippen molar-refractivity contribution in [2.45, 2.75) is 4.90 Å². The van der Waals surface area contributed by atoms with Gasteiger partial charge in [0, 0.05) is 16.3 Å². The van der Waals surface area contributed by atoms with Crippen molar-refractivity contribution in [3.8, 4) is 0 Å². The summed E-state index contributed by atoms with van der Waals surface area (Å²) in [4.78, 5) is 2.92. The Morgan fingerprint density at radius 1 is 0.944 bits per heavy atom. The molecule has 3 rings (SSSR count). The van der Waals surface area contributed by atoms with Crippen LogP contribution >= 0.6 is 0 Å². The van der Waals surface area contributed by atoms with Gasteiger partial charge in [-0.15, -0.1) is 0 Å². The van der Waals surface area contributed by atoms with Gasteiger partial charge in [0.2, 0.25) is 0 Å². The molecule has 0 amide bonds. The second-order valence-electron chi connectivity index (χ2n) is 3.82. The minimum atomic E-state index is -4.21. The number of aromatic nitrogens is 1. The van der Waals surface area contributed by atoms with Crippen molar-refractivity contribution in [1.82, 2.24) is 4.98 Å². The molecule has 2 aromatic carbocycles. The van der Waals surface area contributed by atoms with E-state index in [1.807, 2.05) is 30.3 Å². The molecule has 88 valence electrons. The summed E-state index contributed by atoms with van der Waals surface area (Å²) in [6.07, 6.45) is 0. The van der Waals surface area contributed by atoms with Crippen LogP contribution in [0.2, 0.25) is 0 Å². The Bertz CT molecular complexity index is 824. The SMILES string of the molecule is O=S(=O)(O)c1cccc2c1[nH]c1ccccc12.[NaH]. The quantitative estimate of drug-likeness (QED) is 0.524. The Labute approximate surface area is 126 Å². The first-order chi connectivity index (χ1) is 8.07. The van der Waals surface area contributed by atoms with Crippen molar-refractivity contribution in [2.24, 2.45) is 0 Å². The van der Waals surface area contributed by atoms with E-state index < -0.39 is 10.1 Å². The van der Waals surface area contributed by atoms with Crippen molar-refractivity contribution < 1.29 is 13.0 Å². The van der Waals surface area contributed by atoms with Crippen LogP contribution in [0.1, 0.15) is 0 Å². The van der Waals surface area contributed by atoms with Crippen LogP contribution in [0.3, 0.4) is 0 Å². The molecule has 1 heterocycles.